The molecule has 25 heavy (non-hydrogen) atoms. The van der Waals surface area contributed by atoms with Gasteiger partial charge in [0.1, 0.15) is 6.61 Å². The van der Waals surface area contributed by atoms with Gasteiger partial charge in [0, 0.05) is 18.6 Å². The maximum absolute atomic E-state index is 12.9. The molecule has 0 unspecified atom stereocenters. The van der Waals surface area contributed by atoms with Gasteiger partial charge in [0.05, 0.1) is 6.54 Å². The van der Waals surface area contributed by atoms with Gasteiger partial charge in [0.2, 0.25) is 0 Å². The van der Waals surface area contributed by atoms with Crippen molar-refractivity contribution in [3.8, 4) is 6.01 Å². The van der Waals surface area contributed by atoms with Crippen molar-refractivity contribution >= 4 is 27.1 Å². The summed E-state index contributed by atoms with van der Waals surface area (Å²) in [5, 5.41) is 0. The van der Waals surface area contributed by atoms with E-state index in [2.05, 4.69) is 27.5 Å². The lowest BCUT2D eigenvalue weighted by Gasteiger charge is -2.08. The van der Waals surface area contributed by atoms with Crippen LogP contribution in [-0.2, 0) is 20.6 Å². The van der Waals surface area contributed by atoms with E-state index in [9.17, 15) is 9.59 Å². The van der Waals surface area contributed by atoms with Crippen molar-refractivity contribution in [3.05, 3.63) is 67.8 Å². The highest BCUT2D eigenvalue weighted by atomic mass is 79.9. The van der Waals surface area contributed by atoms with E-state index in [4.69, 9.17) is 4.74 Å². The fourth-order valence-corrected chi connectivity index (χ4v) is 2.86. The third-order valence-corrected chi connectivity index (χ3v) is 4.43. The van der Waals surface area contributed by atoms with E-state index in [1.807, 2.05) is 24.3 Å². The van der Waals surface area contributed by atoms with Crippen molar-refractivity contribution in [2.24, 2.45) is 14.1 Å². The standard InChI is InChI=1S/C17H17BrN4O3/c1-4-9-25-16-19-14-13(20(16)2)15(23)22(17(24)21(14)3)10-11-5-7-12(18)8-6-11/h4-8H,1,9-10H2,2-3H3. The van der Waals surface area contributed by atoms with E-state index in [-0.39, 0.29) is 19.2 Å². The largest absolute Gasteiger partial charge is 0.460 e. The first-order chi connectivity index (χ1) is 11.9. The van der Waals surface area contributed by atoms with Gasteiger partial charge in [-0.25, -0.2) is 4.79 Å². The molecular weight excluding hydrogens is 388 g/mol. The molecule has 0 saturated heterocycles. The zero-order valence-corrected chi connectivity index (χ0v) is 15.5. The summed E-state index contributed by atoms with van der Waals surface area (Å²) in [4.78, 5) is 29.8. The molecule has 0 saturated carbocycles. The van der Waals surface area contributed by atoms with Crippen LogP contribution in [0.25, 0.3) is 11.2 Å². The van der Waals surface area contributed by atoms with Gasteiger partial charge in [-0.3, -0.25) is 18.5 Å². The van der Waals surface area contributed by atoms with E-state index in [1.165, 1.54) is 9.13 Å². The smallest absolute Gasteiger partial charge is 0.332 e. The van der Waals surface area contributed by atoms with E-state index in [0.717, 1.165) is 10.0 Å². The van der Waals surface area contributed by atoms with Crippen LogP contribution in [0.1, 0.15) is 5.56 Å². The minimum absolute atomic E-state index is 0.183. The minimum atomic E-state index is -0.422. The van der Waals surface area contributed by atoms with Crippen LogP contribution in [0.5, 0.6) is 6.01 Å². The predicted molar refractivity (Wildman–Crippen MR) is 99.2 cm³/mol. The van der Waals surface area contributed by atoms with E-state index in [1.54, 1.807) is 24.7 Å². The number of imidazole rings is 1. The molecule has 0 fully saturated rings. The zero-order valence-electron chi connectivity index (χ0n) is 13.9. The Morgan fingerprint density at radius 1 is 1.20 bits per heavy atom. The van der Waals surface area contributed by atoms with Gasteiger partial charge < -0.3 is 4.74 Å². The number of aryl methyl sites for hydroxylation is 2. The summed E-state index contributed by atoms with van der Waals surface area (Å²) in [5.41, 5.74) is 0.646. The van der Waals surface area contributed by atoms with Crippen molar-refractivity contribution in [2.75, 3.05) is 6.61 Å². The molecule has 0 aliphatic heterocycles. The van der Waals surface area contributed by atoms with Crippen molar-refractivity contribution in [1.82, 2.24) is 18.7 Å². The second-order valence-electron chi connectivity index (χ2n) is 5.58. The average molecular weight is 405 g/mol. The van der Waals surface area contributed by atoms with Crippen LogP contribution in [0.2, 0.25) is 0 Å². The first-order valence-electron chi connectivity index (χ1n) is 7.58. The summed E-state index contributed by atoms with van der Waals surface area (Å²) >= 11 is 3.37. The van der Waals surface area contributed by atoms with Crippen LogP contribution in [0.4, 0.5) is 0 Å². The molecule has 7 nitrogen and oxygen atoms in total. The highest BCUT2D eigenvalue weighted by Gasteiger charge is 2.19. The molecule has 0 atom stereocenters. The second kappa shape index (κ2) is 6.72. The van der Waals surface area contributed by atoms with Crippen LogP contribution in [0, 0.1) is 0 Å². The third kappa shape index (κ3) is 3.05. The molecule has 2 aromatic heterocycles. The molecule has 0 bridgehead atoms. The summed E-state index contributed by atoms with van der Waals surface area (Å²) in [5.74, 6) is 0. The Kier molecular flexibility index (Phi) is 4.63. The molecule has 0 radical (unpaired) electrons. The molecule has 8 heteroatoms. The summed E-state index contributed by atoms with van der Waals surface area (Å²) < 4.78 is 10.5. The van der Waals surface area contributed by atoms with Crippen molar-refractivity contribution in [1.29, 1.82) is 0 Å². The van der Waals surface area contributed by atoms with Crippen LogP contribution >= 0.6 is 15.9 Å². The monoisotopic (exact) mass is 404 g/mol. The van der Waals surface area contributed by atoms with E-state index >= 15 is 0 Å². The molecule has 130 valence electrons. The minimum Gasteiger partial charge on any atom is -0.460 e. The van der Waals surface area contributed by atoms with Crippen molar-refractivity contribution in [3.63, 3.8) is 0 Å². The van der Waals surface area contributed by atoms with Gasteiger partial charge in [0.25, 0.3) is 11.6 Å². The highest BCUT2D eigenvalue weighted by Crippen LogP contribution is 2.16. The van der Waals surface area contributed by atoms with Gasteiger partial charge in [-0.1, -0.05) is 40.7 Å². The quantitative estimate of drug-likeness (QED) is 0.608. The molecule has 3 aromatic rings. The van der Waals surface area contributed by atoms with Crippen LogP contribution in [0.3, 0.4) is 0 Å². The molecule has 2 heterocycles. The summed E-state index contributed by atoms with van der Waals surface area (Å²) in [6, 6.07) is 7.73. The Morgan fingerprint density at radius 3 is 2.52 bits per heavy atom. The number of aromatic nitrogens is 4. The SMILES string of the molecule is C=CCOc1nc2c(c(=O)n(Cc3ccc(Br)cc3)c(=O)n2C)n1C. The van der Waals surface area contributed by atoms with Gasteiger partial charge in [-0.15, -0.1) is 0 Å². The summed E-state index contributed by atoms with van der Waals surface area (Å²) in [7, 11) is 3.27. The topological polar surface area (TPSA) is 71.1 Å². The number of rotatable bonds is 5. The van der Waals surface area contributed by atoms with E-state index in [0.29, 0.717) is 11.2 Å². The van der Waals surface area contributed by atoms with Gasteiger partial charge in [0.15, 0.2) is 11.2 Å². The average Bonchev–Trinajstić information content (AvgIpc) is 2.93. The second-order valence-corrected chi connectivity index (χ2v) is 6.50. The van der Waals surface area contributed by atoms with Crippen LogP contribution in [-0.4, -0.2) is 25.3 Å². The van der Waals surface area contributed by atoms with Crippen molar-refractivity contribution in [2.45, 2.75) is 6.54 Å². The van der Waals surface area contributed by atoms with E-state index < -0.39 is 11.2 Å². The molecule has 0 aliphatic carbocycles. The molecular formula is C17H17BrN4O3. The first kappa shape index (κ1) is 17.2. The van der Waals surface area contributed by atoms with Crippen molar-refractivity contribution < 1.29 is 4.74 Å². The number of halogens is 1. The lowest BCUT2D eigenvalue weighted by molar-refractivity contribution is 0.324. The fourth-order valence-electron chi connectivity index (χ4n) is 2.60. The first-order valence-corrected chi connectivity index (χ1v) is 8.37. The molecule has 0 N–H and O–H groups in total. The Labute approximate surface area is 151 Å². The Hall–Kier alpha value is -2.61. The molecule has 1 aromatic carbocycles. The molecule has 0 amide bonds. The Bertz CT molecular complexity index is 1060. The van der Waals surface area contributed by atoms with Crippen LogP contribution < -0.4 is 16.0 Å². The normalized spacial score (nSPS) is 11.0. The summed E-state index contributed by atoms with van der Waals surface area (Å²) in [6.07, 6.45) is 1.59. The van der Waals surface area contributed by atoms with Gasteiger partial charge >= 0.3 is 5.69 Å². The molecule has 3 rings (SSSR count). The van der Waals surface area contributed by atoms with Crippen LogP contribution in [0.15, 0.2) is 51.0 Å². The number of benzene rings is 1. The number of nitrogens with zero attached hydrogens (tertiary/aromatic N) is 4. The highest BCUT2D eigenvalue weighted by molar-refractivity contribution is 9.10. The Morgan fingerprint density at radius 2 is 1.88 bits per heavy atom. The number of ether oxygens (including phenoxy) is 1. The summed E-state index contributed by atoms with van der Waals surface area (Å²) in [6.45, 7) is 4.03. The predicted octanol–water partition coefficient (Wildman–Crippen LogP) is 1.81. The maximum atomic E-state index is 12.9. The lowest BCUT2D eigenvalue weighted by Crippen LogP contribution is -2.39. The molecule has 0 spiro atoms. The number of fused-ring (bicyclic) bond motifs is 1. The third-order valence-electron chi connectivity index (χ3n) is 3.90. The number of hydrogen-bond acceptors (Lipinski definition) is 4. The van der Waals surface area contributed by atoms with Gasteiger partial charge in [-0.2, -0.15) is 4.98 Å². The van der Waals surface area contributed by atoms with Gasteiger partial charge in [-0.05, 0) is 17.7 Å². The zero-order chi connectivity index (χ0) is 18.1. The lowest BCUT2D eigenvalue weighted by atomic mass is 10.2. The maximum Gasteiger partial charge on any atom is 0.332 e. The number of hydrogen-bond donors (Lipinski definition) is 0. The molecule has 0 aliphatic rings. The Balaban J connectivity index is 2.18. The fraction of sp³-hybridized carbons (Fsp3) is 0.235.